The number of aromatic amines is 1. The molecule has 1 heterocycles. The van der Waals surface area contributed by atoms with Gasteiger partial charge in [0.2, 0.25) is 5.91 Å². The molecule has 3 rings (SSSR count). The van der Waals surface area contributed by atoms with Crippen LogP contribution in [0.25, 0.3) is 0 Å². The van der Waals surface area contributed by atoms with Gasteiger partial charge in [0.05, 0.1) is 17.9 Å². The van der Waals surface area contributed by atoms with Gasteiger partial charge >= 0.3 is 0 Å². The summed E-state index contributed by atoms with van der Waals surface area (Å²) in [6.45, 7) is 0. The fourth-order valence-corrected chi connectivity index (χ4v) is 3.42. The zero-order valence-corrected chi connectivity index (χ0v) is 11.2. The van der Waals surface area contributed by atoms with Gasteiger partial charge in [0, 0.05) is 12.5 Å². The van der Waals surface area contributed by atoms with Crippen molar-refractivity contribution in [1.82, 2.24) is 15.5 Å². The van der Waals surface area contributed by atoms with Crippen LogP contribution in [0.4, 0.5) is 0 Å². The predicted octanol–water partition coefficient (Wildman–Crippen LogP) is 1.42. The van der Waals surface area contributed by atoms with E-state index >= 15 is 0 Å². The predicted molar refractivity (Wildman–Crippen MR) is 72.3 cm³/mol. The van der Waals surface area contributed by atoms with Crippen molar-refractivity contribution in [3.63, 3.8) is 0 Å². The van der Waals surface area contributed by atoms with Gasteiger partial charge in [0.15, 0.2) is 0 Å². The van der Waals surface area contributed by atoms with Crippen LogP contribution in [0, 0.1) is 5.92 Å². The zero-order chi connectivity index (χ0) is 13.2. The van der Waals surface area contributed by atoms with E-state index in [4.69, 9.17) is 5.73 Å². The van der Waals surface area contributed by atoms with Gasteiger partial charge in [-0.15, -0.1) is 0 Å². The van der Waals surface area contributed by atoms with Gasteiger partial charge in [-0.2, -0.15) is 5.10 Å². The topological polar surface area (TPSA) is 83.8 Å². The molecule has 1 amide bonds. The summed E-state index contributed by atoms with van der Waals surface area (Å²) in [4.78, 5) is 12.1. The van der Waals surface area contributed by atoms with E-state index in [1.807, 2.05) is 6.20 Å². The molecule has 0 aromatic carbocycles. The van der Waals surface area contributed by atoms with Crippen LogP contribution in [0.5, 0.6) is 0 Å². The standard InChI is InChI=1S/C14H22N4O/c15-11-5-1-3-9(11)7-13(19)17-12-6-2-4-10-8-16-18-14(10)12/h8-9,11-12H,1-7,15H2,(H,16,18)(H,17,19)/t9-,11+,12?/m0/s1. The Bertz CT molecular complexity index is 456. The SMILES string of the molecule is N[C@@H]1CCC[C@H]1CC(=O)NC1CCCc2cn[nH]c21. The molecule has 5 nitrogen and oxygen atoms in total. The molecule has 0 spiro atoms. The molecule has 2 aliphatic rings. The van der Waals surface area contributed by atoms with Crippen molar-refractivity contribution in [3.8, 4) is 0 Å². The smallest absolute Gasteiger partial charge is 0.220 e. The van der Waals surface area contributed by atoms with Gasteiger partial charge in [-0.05, 0) is 43.6 Å². The molecule has 0 bridgehead atoms. The molecule has 5 heteroatoms. The average Bonchev–Trinajstić information content (AvgIpc) is 3.00. The minimum absolute atomic E-state index is 0.108. The molecular weight excluding hydrogens is 240 g/mol. The molecule has 104 valence electrons. The number of hydrogen-bond acceptors (Lipinski definition) is 3. The van der Waals surface area contributed by atoms with Crippen LogP contribution in [0.2, 0.25) is 0 Å². The first-order valence-electron chi connectivity index (χ1n) is 7.31. The Hall–Kier alpha value is -1.36. The monoisotopic (exact) mass is 262 g/mol. The van der Waals surface area contributed by atoms with Crippen molar-refractivity contribution in [3.05, 3.63) is 17.5 Å². The minimum atomic E-state index is 0.108. The number of carbonyl (C=O) groups is 1. The van der Waals surface area contributed by atoms with Crippen molar-refractivity contribution < 1.29 is 4.79 Å². The zero-order valence-electron chi connectivity index (χ0n) is 11.2. The lowest BCUT2D eigenvalue weighted by atomic mass is 9.93. The number of nitrogens with zero attached hydrogens (tertiary/aromatic N) is 1. The Morgan fingerprint density at radius 1 is 1.42 bits per heavy atom. The number of aromatic nitrogens is 2. The number of amides is 1. The van der Waals surface area contributed by atoms with E-state index in [2.05, 4.69) is 15.5 Å². The second-order valence-corrected chi connectivity index (χ2v) is 5.88. The largest absolute Gasteiger partial charge is 0.348 e. The first-order chi connectivity index (χ1) is 9.24. The third-order valence-electron chi connectivity index (χ3n) is 4.54. The van der Waals surface area contributed by atoms with Crippen molar-refractivity contribution in [2.45, 2.75) is 57.0 Å². The fraction of sp³-hybridized carbons (Fsp3) is 0.714. The molecule has 19 heavy (non-hydrogen) atoms. The normalized spacial score (nSPS) is 30.1. The molecule has 0 radical (unpaired) electrons. The van der Waals surface area contributed by atoms with E-state index in [1.165, 1.54) is 5.56 Å². The van der Waals surface area contributed by atoms with Crippen LogP contribution in [0.15, 0.2) is 6.20 Å². The molecule has 1 unspecified atom stereocenters. The minimum Gasteiger partial charge on any atom is -0.348 e. The molecule has 3 atom stereocenters. The van der Waals surface area contributed by atoms with Crippen molar-refractivity contribution in [2.24, 2.45) is 11.7 Å². The van der Waals surface area contributed by atoms with Crippen LogP contribution in [0.1, 0.15) is 55.8 Å². The lowest BCUT2D eigenvalue weighted by Crippen LogP contribution is -2.35. The Morgan fingerprint density at radius 2 is 2.32 bits per heavy atom. The quantitative estimate of drug-likeness (QED) is 0.770. The van der Waals surface area contributed by atoms with E-state index in [0.29, 0.717) is 12.3 Å². The highest BCUT2D eigenvalue weighted by Gasteiger charge is 2.28. The second-order valence-electron chi connectivity index (χ2n) is 5.88. The number of aryl methyl sites for hydroxylation is 1. The van der Waals surface area contributed by atoms with Gasteiger partial charge in [-0.3, -0.25) is 9.89 Å². The maximum atomic E-state index is 12.1. The van der Waals surface area contributed by atoms with Crippen LogP contribution < -0.4 is 11.1 Å². The number of carbonyl (C=O) groups excluding carboxylic acids is 1. The Labute approximate surface area is 113 Å². The van der Waals surface area contributed by atoms with Crippen molar-refractivity contribution in [2.75, 3.05) is 0 Å². The number of fused-ring (bicyclic) bond motifs is 1. The molecule has 4 N–H and O–H groups in total. The molecule has 0 saturated heterocycles. The highest BCUT2D eigenvalue weighted by atomic mass is 16.1. The summed E-state index contributed by atoms with van der Waals surface area (Å²) >= 11 is 0. The van der Waals surface area contributed by atoms with Crippen molar-refractivity contribution in [1.29, 1.82) is 0 Å². The molecule has 1 aromatic rings. The summed E-state index contributed by atoms with van der Waals surface area (Å²) < 4.78 is 0. The number of nitrogens with one attached hydrogen (secondary N) is 2. The van der Waals surface area contributed by atoms with E-state index in [1.54, 1.807) is 0 Å². The van der Waals surface area contributed by atoms with Gasteiger partial charge < -0.3 is 11.1 Å². The highest BCUT2D eigenvalue weighted by molar-refractivity contribution is 5.76. The molecule has 1 saturated carbocycles. The van der Waals surface area contributed by atoms with Gasteiger partial charge in [-0.25, -0.2) is 0 Å². The van der Waals surface area contributed by atoms with E-state index in [-0.39, 0.29) is 18.0 Å². The number of hydrogen-bond donors (Lipinski definition) is 3. The summed E-state index contributed by atoms with van der Waals surface area (Å²) in [6.07, 6.45) is 8.93. The van der Waals surface area contributed by atoms with Gasteiger partial charge in [-0.1, -0.05) is 6.42 Å². The van der Waals surface area contributed by atoms with Crippen LogP contribution in [-0.4, -0.2) is 22.1 Å². The average molecular weight is 262 g/mol. The van der Waals surface area contributed by atoms with Crippen LogP contribution in [0.3, 0.4) is 0 Å². The number of nitrogens with two attached hydrogens (primary N) is 1. The molecule has 0 aliphatic heterocycles. The van der Waals surface area contributed by atoms with Crippen molar-refractivity contribution >= 4 is 5.91 Å². The third kappa shape index (κ3) is 2.66. The van der Waals surface area contributed by atoms with Crippen LogP contribution >= 0.6 is 0 Å². The molecule has 2 aliphatic carbocycles. The number of rotatable bonds is 3. The lowest BCUT2D eigenvalue weighted by Gasteiger charge is -2.24. The first kappa shape index (κ1) is 12.7. The summed E-state index contributed by atoms with van der Waals surface area (Å²) in [6, 6.07) is 0.316. The lowest BCUT2D eigenvalue weighted by molar-refractivity contribution is -0.123. The maximum absolute atomic E-state index is 12.1. The third-order valence-corrected chi connectivity index (χ3v) is 4.54. The van der Waals surface area contributed by atoms with Gasteiger partial charge in [0.1, 0.15) is 0 Å². The molecule has 1 fully saturated rings. The molecule has 1 aromatic heterocycles. The first-order valence-corrected chi connectivity index (χ1v) is 7.31. The fourth-order valence-electron chi connectivity index (χ4n) is 3.42. The summed E-state index contributed by atoms with van der Waals surface area (Å²) in [5.74, 6) is 0.500. The second kappa shape index (κ2) is 5.33. The molecular formula is C14H22N4O. The summed E-state index contributed by atoms with van der Waals surface area (Å²) in [7, 11) is 0. The Kier molecular flexibility index (Phi) is 3.55. The van der Waals surface area contributed by atoms with Crippen LogP contribution in [-0.2, 0) is 11.2 Å². The Balaban J connectivity index is 1.59. The highest BCUT2D eigenvalue weighted by Crippen LogP contribution is 2.29. The summed E-state index contributed by atoms with van der Waals surface area (Å²) in [5, 5.41) is 10.2. The van der Waals surface area contributed by atoms with E-state index in [9.17, 15) is 4.79 Å². The Morgan fingerprint density at radius 3 is 3.11 bits per heavy atom. The number of H-pyrrole nitrogens is 1. The summed E-state index contributed by atoms with van der Waals surface area (Å²) in [5.41, 5.74) is 8.36. The van der Waals surface area contributed by atoms with Gasteiger partial charge in [0.25, 0.3) is 0 Å². The van der Waals surface area contributed by atoms with E-state index in [0.717, 1.165) is 44.2 Å². The maximum Gasteiger partial charge on any atom is 0.220 e. The van der Waals surface area contributed by atoms with E-state index < -0.39 is 0 Å².